The Morgan fingerprint density at radius 1 is 1.17 bits per heavy atom. The van der Waals surface area contributed by atoms with Crippen LogP contribution in [0, 0.1) is 0 Å². The number of hydrogen-bond acceptors (Lipinski definition) is 4. The van der Waals surface area contributed by atoms with Gasteiger partial charge in [-0.25, -0.2) is 4.98 Å². The molecule has 0 spiro atoms. The molecular formula is C18H17N3O2S. The van der Waals surface area contributed by atoms with E-state index in [0.717, 1.165) is 23.4 Å². The lowest BCUT2D eigenvalue weighted by Crippen LogP contribution is -2.40. The number of benzene rings is 1. The second-order valence-corrected chi connectivity index (χ2v) is 7.06. The molecular weight excluding hydrogens is 322 g/mol. The summed E-state index contributed by atoms with van der Waals surface area (Å²) in [5.41, 5.74) is 0.943. The van der Waals surface area contributed by atoms with Crippen molar-refractivity contribution in [2.24, 2.45) is 0 Å². The Hall–Kier alpha value is -2.47. The number of fused-ring (bicyclic) bond motifs is 1. The minimum absolute atomic E-state index is 0.181. The molecule has 3 heterocycles. The number of H-pyrrole nitrogens is 1. The number of aromatic amines is 1. The normalized spacial score (nSPS) is 15.8. The molecule has 2 aromatic heterocycles. The second-order valence-electron chi connectivity index (χ2n) is 6.00. The first-order valence-corrected chi connectivity index (χ1v) is 8.86. The van der Waals surface area contributed by atoms with E-state index in [4.69, 9.17) is 4.98 Å². The van der Waals surface area contributed by atoms with Crippen LogP contribution in [0.3, 0.4) is 0 Å². The molecule has 0 aliphatic carbocycles. The Labute approximate surface area is 143 Å². The van der Waals surface area contributed by atoms with Crippen LogP contribution in [0.1, 0.15) is 34.1 Å². The summed E-state index contributed by atoms with van der Waals surface area (Å²) in [5.74, 6) is 0.208. The lowest BCUT2D eigenvalue weighted by atomic mass is 9.97. The Kier molecular flexibility index (Phi) is 3.90. The zero-order valence-corrected chi connectivity index (χ0v) is 13.9. The summed E-state index contributed by atoms with van der Waals surface area (Å²) in [5, 5.41) is 1.15. The number of nitrogens with one attached hydrogen (secondary N) is 1. The van der Waals surface area contributed by atoms with Gasteiger partial charge in [-0.3, -0.25) is 9.59 Å². The van der Waals surface area contributed by atoms with Crippen molar-refractivity contribution in [3.8, 4) is 0 Å². The van der Waals surface area contributed by atoms with E-state index in [1.807, 2.05) is 18.2 Å². The number of amides is 1. The molecule has 1 saturated heterocycles. The summed E-state index contributed by atoms with van der Waals surface area (Å²) < 4.78 is 1.21. The predicted molar refractivity (Wildman–Crippen MR) is 94.6 cm³/mol. The summed E-state index contributed by atoms with van der Waals surface area (Å²) in [6.45, 7) is 1.32. The number of thiazole rings is 1. The molecule has 0 bridgehead atoms. The van der Waals surface area contributed by atoms with E-state index in [1.165, 1.54) is 4.70 Å². The third kappa shape index (κ3) is 2.73. The molecule has 6 heteroatoms. The van der Waals surface area contributed by atoms with Crippen molar-refractivity contribution >= 4 is 27.5 Å². The number of aromatic nitrogens is 2. The number of likely N-dealkylation sites (tertiary alicyclic amines) is 1. The van der Waals surface area contributed by atoms with E-state index in [2.05, 4.69) is 11.1 Å². The van der Waals surface area contributed by atoms with Gasteiger partial charge in [-0.2, -0.15) is 0 Å². The van der Waals surface area contributed by atoms with Crippen molar-refractivity contribution in [2.75, 3.05) is 13.1 Å². The highest BCUT2D eigenvalue weighted by Crippen LogP contribution is 2.33. The van der Waals surface area contributed by atoms with Gasteiger partial charge < -0.3 is 9.88 Å². The third-order valence-corrected chi connectivity index (χ3v) is 5.69. The van der Waals surface area contributed by atoms with Gasteiger partial charge in [-0.15, -0.1) is 11.3 Å². The predicted octanol–water partition coefficient (Wildman–Crippen LogP) is 3.00. The number of piperidine rings is 1. The summed E-state index contributed by atoms with van der Waals surface area (Å²) >= 11 is 1.74. The highest BCUT2D eigenvalue weighted by molar-refractivity contribution is 7.18. The van der Waals surface area contributed by atoms with Gasteiger partial charge in [0.05, 0.1) is 15.2 Å². The molecule has 5 nitrogen and oxygen atoms in total. The van der Waals surface area contributed by atoms with Crippen molar-refractivity contribution in [3.05, 3.63) is 63.5 Å². The minimum atomic E-state index is -0.323. The van der Waals surface area contributed by atoms with Crippen LogP contribution in [0.25, 0.3) is 10.2 Å². The molecule has 0 unspecified atom stereocenters. The first-order chi connectivity index (χ1) is 11.7. The highest BCUT2D eigenvalue weighted by Gasteiger charge is 2.27. The van der Waals surface area contributed by atoms with Crippen LogP contribution in [0.2, 0.25) is 0 Å². The van der Waals surface area contributed by atoms with E-state index in [-0.39, 0.29) is 17.0 Å². The average Bonchev–Trinajstić information content (AvgIpc) is 3.06. The van der Waals surface area contributed by atoms with E-state index >= 15 is 0 Å². The Bertz CT molecular complexity index is 905. The largest absolute Gasteiger partial charge is 0.338 e. The van der Waals surface area contributed by atoms with Gasteiger partial charge in [-0.1, -0.05) is 12.1 Å². The van der Waals surface area contributed by atoms with E-state index < -0.39 is 0 Å². The van der Waals surface area contributed by atoms with Gasteiger partial charge in [0, 0.05) is 25.2 Å². The Morgan fingerprint density at radius 3 is 2.71 bits per heavy atom. The number of carbonyl (C=O) groups is 1. The molecule has 0 saturated carbocycles. The maximum Gasteiger partial charge on any atom is 0.260 e. The third-order valence-electron chi connectivity index (χ3n) is 4.49. The topological polar surface area (TPSA) is 66.1 Å². The number of nitrogens with zero attached hydrogens (tertiary/aromatic N) is 2. The summed E-state index contributed by atoms with van der Waals surface area (Å²) in [4.78, 5) is 33.3. The van der Waals surface area contributed by atoms with Crippen LogP contribution in [-0.2, 0) is 0 Å². The van der Waals surface area contributed by atoms with E-state index in [9.17, 15) is 9.59 Å². The lowest BCUT2D eigenvalue weighted by molar-refractivity contribution is 0.0711. The highest BCUT2D eigenvalue weighted by atomic mass is 32.1. The fraction of sp³-hybridized carbons (Fsp3) is 0.278. The van der Waals surface area contributed by atoms with Gasteiger partial charge in [0.1, 0.15) is 5.56 Å². The molecule has 0 radical (unpaired) electrons. The maximum absolute atomic E-state index is 12.5. The summed E-state index contributed by atoms with van der Waals surface area (Å²) in [7, 11) is 0. The van der Waals surface area contributed by atoms with Crippen molar-refractivity contribution in [1.29, 1.82) is 0 Å². The standard InChI is InChI=1S/C18H17N3O2S/c22-16-13(4-3-9-19-16)18(23)21-10-7-12(8-11-21)17-20-14-5-1-2-6-15(14)24-17/h1-6,9,12H,7-8,10-11H2,(H,19,22). The van der Waals surface area contributed by atoms with Crippen molar-refractivity contribution < 1.29 is 4.79 Å². The first kappa shape index (κ1) is 15.1. The van der Waals surface area contributed by atoms with Crippen molar-refractivity contribution in [1.82, 2.24) is 14.9 Å². The van der Waals surface area contributed by atoms with Gasteiger partial charge in [0.25, 0.3) is 11.5 Å². The zero-order chi connectivity index (χ0) is 16.5. The molecule has 1 aliphatic heterocycles. The number of hydrogen-bond donors (Lipinski definition) is 1. The monoisotopic (exact) mass is 339 g/mol. The molecule has 1 aliphatic rings. The number of pyridine rings is 1. The lowest BCUT2D eigenvalue weighted by Gasteiger charge is -2.31. The summed E-state index contributed by atoms with van der Waals surface area (Å²) in [6.07, 6.45) is 3.31. The fourth-order valence-electron chi connectivity index (χ4n) is 3.15. The molecule has 0 atom stereocenters. The summed E-state index contributed by atoms with van der Waals surface area (Å²) in [6, 6.07) is 11.4. The molecule has 1 aromatic carbocycles. The minimum Gasteiger partial charge on any atom is -0.338 e. The second kappa shape index (κ2) is 6.20. The fourth-order valence-corrected chi connectivity index (χ4v) is 4.29. The first-order valence-electron chi connectivity index (χ1n) is 8.05. The zero-order valence-electron chi connectivity index (χ0n) is 13.1. The molecule has 1 fully saturated rings. The molecule has 4 rings (SSSR count). The van der Waals surface area contributed by atoms with Crippen LogP contribution in [0.15, 0.2) is 47.4 Å². The van der Waals surface area contributed by atoms with Crippen molar-refractivity contribution in [3.63, 3.8) is 0 Å². The Morgan fingerprint density at radius 2 is 1.96 bits per heavy atom. The van der Waals surface area contributed by atoms with Gasteiger partial charge in [0.2, 0.25) is 0 Å². The van der Waals surface area contributed by atoms with Crippen molar-refractivity contribution in [2.45, 2.75) is 18.8 Å². The van der Waals surface area contributed by atoms with Gasteiger partial charge >= 0.3 is 0 Å². The van der Waals surface area contributed by atoms with Crippen LogP contribution in [0.4, 0.5) is 0 Å². The number of carbonyl (C=O) groups excluding carboxylic acids is 1. The quantitative estimate of drug-likeness (QED) is 0.780. The van der Waals surface area contributed by atoms with Gasteiger partial charge in [-0.05, 0) is 37.1 Å². The van der Waals surface area contributed by atoms with E-state index in [0.29, 0.717) is 19.0 Å². The van der Waals surface area contributed by atoms with Crippen LogP contribution < -0.4 is 5.56 Å². The van der Waals surface area contributed by atoms with Gasteiger partial charge in [0.15, 0.2) is 0 Å². The smallest absolute Gasteiger partial charge is 0.260 e. The SMILES string of the molecule is O=C(c1ccc[nH]c1=O)N1CCC(c2nc3ccccc3s2)CC1. The Balaban J connectivity index is 1.47. The molecule has 3 aromatic rings. The van der Waals surface area contributed by atoms with E-state index in [1.54, 1.807) is 34.6 Å². The van der Waals surface area contributed by atoms with Crippen LogP contribution in [-0.4, -0.2) is 33.9 Å². The average molecular weight is 339 g/mol. The molecule has 122 valence electrons. The molecule has 1 amide bonds. The van der Waals surface area contributed by atoms with Crippen LogP contribution >= 0.6 is 11.3 Å². The molecule has 24 heavy (non-hydrogen) atoms. The van der Waals surface area contributed by atoms with Crippen LogP contribution in [0.5, 0.6) is 0 Å². The maximum atomic E-state index is 12.5. The number of rotatable bonds is 2. The molecule has 1 N–H and O–H groups in total. The number of para-hydroxylation sites is 1.